The number of Topliss-reactive ketones (excluding diaryl/α,β-unsaturated/α-hetero) is 1. The third kappa shape index (κ3) is 2.76. The van der Waals surface area contributed by atoms with Crippen LogP contribution in [-0.2, 0) is 4.79 Å². The van der Waals surface area contributed by atoms with Gasteiger partial charge in [-0.2, -0.15) is 0 Å². The van der Waals surface area contributed by atoms with Gasteiger partial charge < -0.3 is 5.11 Å². The van der Waals surface area contributed by atoms with Crippen LogP contribution < -0.4 is 0 Å². The van der Waals surface area contributed by atoms with Crippen LogP contribution in [0, 0.1) is 18.8 Å². The minimum atomic E-state index is 0.0381. The lowest BCUT2D eigenvalue weighted by molar-refractivity contribution is -0.117. The molecular formula is C20H17Cl2NO2. The Labute approximate surface area is 156 Å². The Morgan fingerprint density at radius 2 is 1.92 bits per heavy atom. The first-order valence-electron chi connectivity index (χ1n) is 8.35. The van der Waals surface area contributed by atoms with Crippen LogP contribution in [0.2, 0.25) is 10.0 Å². The normalized spacial score (nSPS) is 22.6. The van der Waals surface area contributed by atoms with Crippen LogP contribution in [0.5, 0.6) is 0 Å². The molecule has 2 bridgehead atoms. The minimum Gasteiger partial charge on any atom is -0.511 e. The maximum absolute atomic E-state index is 12.8. The van der Waals surface area contributed by atoms with E-state index in [0.29, 0.717) is 21.3 Å². The molecule has 25 heavy (non-hydrogen) atoms. The van der Waals surface area contributed by atoms with E-state index < -0.39 is 0 Å². The molecule has 1 N–H and O–H groups in total. The monoisotopic (exact) mass is 373 g/mol. The quantitative estimate of drug-likeness (QED) is 0.741. The van der Waals surface area contributed by atoms with Gasteiger partial charge in [-0.1, -0.05) is 35.3 Å². The molecule has 3 nitrogen and oxygen atoms in total. The fourth-order valence-corrected chi connectivity index (χ4v) is 4.43. The smallest absolute Gasteiger partial charge is 0.169 e. The van der Waals surface area contributed by atoms with Crippen molar-refractivity contribution in [1.29, 1.82) is 0 Å². The molecule has 2 aliphatic carbocycles. The number of rotatable bonds is 2. The van der Waals surface area contributed by atoms with Gasteiger partial charge >= 0.3 is 0 Å². The van der Waals surface area contributed by atoms with E-state index in [1.807, 2.05) is 25.1 Å². The summed E-state index contributed by atoms with van der Waals surface area (Å²) in [5, 5.41) is 11.6. The third-order valence-electron chi connectivity index (χ3n) is 5.28. The van der Waals surface area contributed by atoms with Crippen molar-refractivity contribution in [2.75, 3.05) is 0 Å². The molecule has 0 aliphatic heterocycles. The largest absolute Gasteiger partial charge is 0.511 e. The Morgan fingerprint density at radius 3 is 2.68 bits per heavy atom. The number of benzene rings is 1. The lowest BCUT2D eigenvalue weighted by Crippen LogP contribution is -2.21. The van der Waals surface area contributed by atoms with Crippen molar-refractivity contribution in [3.63, 3.8) is 0 Å². The Kier molecular flexibility index (Phi) is 4.09. The number of hydrogen-bond acceptors (Lipinski definition) is 3. The molecular weight excluding hydrogens is 357 g/mol. The number of aryl methyl sites for hydroxylation is 1. The van der Waals surface area contributed by atoms with Crippen LogP contribution in [0.15, 0.2) is 36.2 Å². The van der Waals surface area contributed by atoms with E-state index in [1.54, 1.807) is 12.3 Å². The number of carbonyl (C=O) groups is 1. The van der Waals surface area contributed by atoms with Crippen molar-refractivity contribution in [1.82, 2.24) is 4.98 Å². The Bertz CT molecular complexity index is 920. The average Bonchev–Trinajstić information content (AvgIpc) is 3.02. The molecule has 128 valence electrons. The first-order valence-corrected chi connectivity index (χ1v) is 9.11. The lowest BCUT2D eigenvalue weighted by Gasteiger charge is -2.23. The van der Waals surface area contributed by atoms with Gasteiger partial charge in [0.2, 0.25) is 0 Å². The maximum atomic E-state index is 12.8. The van der Waals surface area contributed by atoms with Gasteiger partial charge in [0, 0.05) is 23.6 Å². The molecule has 0 spiro atoms. The third-order valence-corrected chi connectivity index (χ3v) is 5.78. The van der Waals surface area contributed by atoms with Crippen LogP contribution in [0.25, 0.3) is 16.8 Å². The van der Waals surface area contributed by atoms with Gasteiger partial charge in [0.25, 0.3) is 0 Å². The fourth-order valence-electron chi connectivity index (χ4n) is 3.94. The molecule has 2 aliphatic rings. The molecule has 2 atom stereocenters. The summed E-state index contributed by atoms with van der Waals surface area (Å²) < 4.78 is 0. The molecule has 0 amide bonds. The number of fused-ring (bicyclic) bond motifs is 2. The number of allylic oxidation sites excluding steroid dienone is 2. The van der Waals surface area contributed by atoms with Crippen molar-refractivity contribution >= 4 is 34.6 Å². The van der Waals surface area contributed by atoms with E-state index in [1.165, 1.54) is 0 Å². The molecule has 0 saturated heterocycles. The molecule has 1 aromatic carbocycles. The standard InChI is InChI=1S/C20H17Cl2NO2/c1-10-2-3-11(18-16(22)8-14(21)9-23-18)7-15(10)17-19(24)12-4-5-13(6-12)20(17)25/h2-3,7-9,12-13,24H,4-6H2,1H3/t12-,13+/m0/s1. The van der Waals surface area contributed by atoms with E-state index in [9.17, 15) is 9.90 Å². The topological polar surface area (TPSA) is 50.2 Å². The second-order valence-electron chi connectivity index (χ2n) is 6.85. The zero-order valence-corrected chi connectivity index (χ0v) is 15.2. The summed E-state index contributed by atoms with van der Waals surface area (Å²) >= 11 is 12.2. The Hall–Kier alpha value is -1.84. The predicted molar refractivity (Wildman–Crippen MR) is 99.8 cm³/mol. The van der Waals surface area contributed by atoms with Gasteiger partial charge in [0.05, 0.1) is 21.3 Å². The minimum absolute atomic E-state index is 0.0381. The zero-order valence-electron chi connectivity index (χ0n) is 13.7. The van der Waals surface area contributed by atoms with Gasteiger partial charge in [0.1, 0.15) is 5.76 Å². The molecule has 1 heterocycles. The first-order chi connectivity index (χ1) is 12.0. The van der Waals surface area contributed by atoms with Gasteiger partial charge in [0.15, 0.2) is 5.78 Å². The van der Waals surface area contributed by atoms with Crippen molar-refractivity contribution in [2.45, 2.75) is 26.2 Å². The van der Waals surface area contributed by atoms with E-state index in [4.69, 9.17) is 23.2 Å². The molecule has 2 aromatic rings. The molecule has 1 fully saturated rings. The molecule has 4 rings (SSSR count). The van der Waals surface area contributed by atoms with E-state index >= 15 is 0 Å². The molecule has 0 unspecified atom stereocenters. The number of aliphatic hydroxyl groups is 1. The number of nitrogens with zero attached hydrogens (tertiary/aromatic N) is 1. The number of carbonyl (C=O) groups excluding carboxylic acids is 1. The fraction of sp³-hybridized carbons (Fsp3) is 0.300. The molecule has 0 radical (unpaired) electrons. The van der Waals surface area contributed by atoms with E-state index in [0.717, 1.165) is 36.0 Å². The van der Waals surface area contributed by atoms with Gasteiger partial charge in [-0.05, 0) is 49.4 Å². The summed E-state index contributed by atoms with van der Waals surface area (Å²) in [7, 11) is 0. The summed E-state index contributed by atoms with van der Waals surface area (Å²) in [5.74, 6) is 0.449. The highest BCUT2D eigenvalue weighted by atomic mass is 35.5. The van der Waals surface area contributed by atoms with Gasteiger partial charge in [-0.3, -0.25) is 9.78 Å². The number of halogens is 2. The number of aliphatic hydroxyl groups excluding tert-OH is 1. The SMILES string of the molecule is Cc1ccc(-c2ncc(Cl)cc2Cl)cc1C1=C(O)[C@H]2CC[C@H](C2)C1=O. The molecule has 1 saturated carbocycles. The highest BCUT2D eigenvalue weighted by Crippen LogP contribution is 2.46. The summed E-state index contributed by atoms with van der Waals surface area (Å²) in [6.07, 6.45) is 4.07. The van der Waals surface area contributed by atoms with Crippen molar-refractivity contribution in [2.24, 2.45) is 11.8 Å². The van der Waals surface area contributed by atoms with Crippen LogP contribution in [-0.4, -0.2) is 15.9 Å². The van der Waals surface area contributed by atoms with E-state index in [2.05, 4.69) is 4.98 Å². The van der Waals surface area contributed by atoms with Crippen LogP contribution in [0.4, 0.5) is 0 Å². The molecule has 5 heteroatoms. The van der Waals surface area contributed by atoms with Gasteiger partial charge in [-0.25, -0.2) is 0 Å². The van der Waals surface area contributed by atoms with Gasteiger partial charge in [-0.15, -0.1) is 0 Å². The highest BCUT2D eigenvalue weighted by molar-refractivity contribution is 6.36. The van der Waals surface area contributed by atoms with Crippen LogP contribution in [0.1, 0.15) is 30.4 Å². The highest BCUT2D eigenvalue weighted by Gasteiger charge is 2.41. The average molecular weight is 374 g/mol. The predicted octanol–water partition coefficient (Wildman–Crippen LogP) is 5.63. The number of hydrogen-bond donors (Lipinski definition) is 1. The molecule has 1 aromatic heterocycles. The number of aromatic nitrogens is 1. The summed E-state index contributed by atoms with van der Waals surface area (Å²) in [6.45, 7) is 1.94. The Morgan fingerprint density at radius 1 is 1.16 bits per heavy atom. The second-order valence-corrected chi connectivity index (χ2v) is 7.69. The van der Waals surface area contributed by atoms with Crippen molar-refractivity contribution in [3.05, 3.63) is 57.4 Å². The van der Waals surface area contributed by atoms with Crippen LogP contribution in [0.3, 0.4) is 0 Å². The van der Waals surface area contributed by atoms with Crippen LogP contribution >= 0.6 is 23.2 Å². The van der Waals surface area contributed by atoms with E-state index in [-0.39, 0.29) is 23.4 Å². The van der Waals surface area contributed by atoms with Crippen molar-refractivity contribution < 1.29 is 9.90 Å². The van der Waals surface area contributed by atoms with Crippen molar-refractivity contribution in [3.8, 4) is 11.3 Å². The first kappa shape index (κ1) is 16.6. The number of ketones is 1. The summed E-state index contributed by atoms with van der Waals surface area (Å²) in [6, 6.07) is 7.39. The summed E-state index contributed by atoms with van der Waals surface area (Å²) in [5.41, 5.74) is 3.60. The lowest BCUT2D eigenvalue weighted by atomic mass is 9.81. The second kappa shape index (κ2) is 6.15. The Balaban J connectivity index is 1.86. The number of pyridine rings is 1. The zero-order chi connectivity index (χ0) is 17.7. The summed E-state index contributed by atoms with van der Waals surface area (Å²) in [4.78, 5) is 17.1. The maximum Gasteiger partial charge on any atom is 0.169 e.